The Kier molecular flexibility index (Phi) is 6.03. The van der Waals surface area contributed by atoms with Gasteiger partial charge in [-0.15, -0.1) is 0 Å². The summed E-state index contributed by atoms with van der Waals surface area (Å²) in [7, 11) is 0. The molecular formula is C21H21FN2O4. The van der Waals surface area contributed by atoms with E-state index in [2.05, 4.69) is 0 Å². The number of anilines is 2. The molecule has 0 bridgehead atoms. The lowest BCUT2D eigenvalue weighted by molar-refractivity contribution is -0.121. The van der Waals surface area contributed by atoms with Crippen molar-refractivity contribution in [2.45, 2.75) is 19.8 Å². The number of esters is 1. The van der Waals surface area contributed by atoms with Crippen molar-refractivity contribution in [1.82, 2.24) is 0 Å². The topological polar surface area (TPSA) is 66.9 Å². The molecule has 7 heteroatoms. The molecule has 0 aliphatic carbocycles. The van der Waals surface area contributed by atoms with Gasteiger partial charge in [0.15, 0.2) is 6.61 Å². The van der Waals surface area contributed by atoms with Crippen LogP contribution in [0.25, 0.3) is 0 Å². The first-order chi connectivity index (χ1) is 13.5. The smallest absolute Gasteiger partial charge is 0.338 e. The molecule has 2 aromatic rings. The predicted molar refractivity (Wildman–Crippen MR) is 103 cm³/mol. The van der Waals surface area contributed by atoms with Crippen LogP contribution in [0, 0.1) is 5.82 Å². The number of ether oxygens (including phenoxy) is 1. The molecule has 1 heterocycles. The van der Waals surface area contributed by atoms with Gasteiger partial charge in [-0.05, 0) is 61.9 Å². The highest BCUT2D eigenvalue weighted by molar-refractivity contribution is 5.98. The maximum absolute atomic E-state index is 13.1. The molecule has 28 heavy (non-hydrogen) atoms. The maximum atomic E-state index is 13.1. The lowest BCUT2D eigenvalue weighted by Crippen LogP contribution is -2.34. The highest BCUT2D eigenvalue weighted by Crippen LogP contribution is 2.22. The number of hydrogen-bond donors (Lipinski definition) is 0. The number of carbonyl (C=O) groups excluding carboxylic acids is 3. The van der Waals surface area contributed by atoms with E-state index in [0.717, 1.165) is 12.1 Å². The summed E-state index contributed by atoms with van der Waals surface area (Å²) < 4.78 is 18.2. The van der Waals surface area contributed by atoms with Gasteiger partial charge in [-0.25, -0.2) is 9.18 Å². The van der Waals surface area contributed by atoms with Crippen LogP contribution in [0.5, 0.6) is 0 Å². The highest BCUT2D eigenvalue weighted by Gasteiger charge is 2.22. The van der Waals surface area contributed by atoms with E-state index < -0.39 is 24.3 Å². The molecule has 1 aliphatic heterocycles. The Morgan fingerprint density at radius 1 is 1.11 bits per heavy atom. The quantitative estimate of drug-likeness (QED) is 0.718. The van der Waals surface area contributed by atoms with E-state index in [4.69, 9.17) is 4.74 Å². The SMILES string of the molecule is CCN(C(=O)COC(=O)c1ccc(N2CCCC2=O)cc1)c1ccc(F)cc1. The maximum Gasteiger partial charge on any atom is 0.338 e. The second kappa shape index (κ2) is 8.65. The molecule has 1 aliphatic rings. The van der Waals surface area contributed by atoms with E-state index in [0.29, 0.717) is 30.8 Å². The summed E-state index contributed by atoms with van der Waals surface area (Å²) in [6.45, 7) is 2.39. The third-order valence-corrected chi connectivity index (χ3v) is 4.57. The average Bonchev–Trinajstić information content (AvgIpc) is 3.14. The van der Waals surface area contributed by atoms with Crippen molar-refractivity contribution >= 4 is 29.2 Å². The summed E-state index contributed by atoms with van der Waals surface area (Å²) in [4.78, 5) is 39.4. The van der Waals surface area contributed by atoms with Gasteiger partial charge in [0.2, 0.25) is 5.91 Å². The van der Waals surface area contributed by atoms with Crippen LogP contribution in [0.4, 0.5) is 15.8 Å². The number of halogens is 1. The van der Waals surface area contributed by atoms with Gasteiger partial charge in [-0.2, -0.15) is 0 Å². The van der Waals surface area contributed by atoms with Crippen molar-refractivity contribution in [3.63, 3.8) is 0 Å². The zero-order chi connectivity index (χ0) is 20.1. The van der Waals surface area contributed by atoms with Gasteiger partial charge in [-0.3, -0.25) is 9.59 Å². The molecule has 2 aromatic carbocycles. The minimum Gasteiger partial charge on any atom is -0.452 e. The molecule has 0 atom stereocenters. The number of rotatable bonds is 6. The van der Waals surface area contributed by atoms with Crippen LogP contribution in [0.1, 0.15) is 30.1 Å². The summed E-state index contributed by atoms with van der Waals surface area (Å²) in [6.07, 6.45) is 1.36. The van der Waals surface area contributed by atoms with E-state index in [1.54, 1.807) is 36.1 Å². The Labute approximate surface area is 162 Å². The van der Waals surface area contributed by atoms with Crippen molar-refractivity contribution in [1.29, 1.82) is 0 Å². The standard InChI is InChI=1S/C21H21FN2O4/c1-2-23(17-11-7-16(22)8-12-17)20(26)14-28-21(27)15-5-9-18(10-6-15)24-13-3-4-19(24)25/h5-12H,2-4,13-14H2,1H3. The van der Waals surface area contributed by atoms with Crippen LogP contribution in [0.2, 0.25) is 0 Å². The lowest BCUT2D eigenvalue weighted by atomic mass is 10.2. The summed E-state index contributed by atoms with van der Waals surface area (Å²) in [6, 6.07) is 12.1. The van der Waals surface area contributed by atoms with Crippen LogP contribution in [0.3, 0.4) is 0 Å². The third kappa shape index (κ3) is 4.36. The van der Waals surface area contributed by atoms with Gasteiger partial charge >= 0.3 is 5.97 Å². The zero-order valence-corrected chi connectivity index (χ0v) is 15.6. The van der Waals surface area contributed by atoms with Crippen LogP contribution in [-0.2, 0) is 14.3 Å². The number of likely N-dealkylation sites (N-methyl/N-ethyl adjacent to an activating group) is 1. The summed E-state index contributed by atoms with van der Waals surface area (Å²) in [5.74, 6) is -1.34. The van der Waals surface area contributed by atoms with Gasteiger partial charge in [0.05, 0.1) is 5.56 Å². The van der Waals surface area contributed by atoms with Crippen molar-refractivity contribution in [2.24, 2.45) is 0 Å². The van der Waals surface area contributed by atoms with Crippen LogP contribution in [-0.4, -0.2) is 37.5 Å². The largest absolute Gasteiger partial charge is 0.452 e. The second-order valence-corrected chi connectivity index (χ2v) is 6.39. The van der Waals surface area contributed by atoms with Gasteiger partial charge < -0.3 is 14.5 Å². The molecular weight excluding hydrogens is 363 g/mol. The van der Waals surface area contributed by atoms with Gasteiger partial charge in [0.25, 0.3) is 5.91 Å². The molecule has 1 fully saturated rings. The Morgan fingerprint density at radius 2 is 1.79 bits per heavy atom. The molecule has 0 unspecified atom stereocenters. The molecule has 146 valence electrons. The van der Waals surface area contributed by atoms with E-state index in [1.165, 1.54) is 29.2 Å². The molecule has 0 radical (unpaired) electrons. The Balaban J connectivity index is 1.59. The number of nitrogens with zero attached hydrogens (tertiary/aromatic N) is 2. The van der Waals surface area contributed by atoms with E-state index in [9.17, 15) is 18.8 Å². The van der Waals surface area contributed by atoms with Crippen molar-refractivity contribution < 1.29 is 23.5 Å². The summed E-state index contributed by atoms with van der Waals surface area (Å²) in [5, 5.41) is 0. The van der Waals surface area contributed by atoms with Gasteiger partial charge in [0.1, 0.15) is 5.82 Å². The minimum atomic E-state index is -0.622. The van der Waals surface area contributed by atoms with Gasteiger partial charge in [0, 0.05) is 30.9 Å². The van der Waals surface area contributed by atoms with Gasteiger partial charge in [-0.1, -0.05) is 0 Å². The molecule has 0 aromatic heterocycles. The first-order valence-electron chi connectivity index (χ1n) is 9.13. The van der Waals surface area contributed by atoms with Crippen LogP contribution >= 0.6 is 0 Å². The Bertz CT molecular complexity index is 865. The lowest BCUT2D eigenvalue weighted by Gasteiger charge is -2.21. The first kappa shape index (κ1) is 19.5. The minimum absolute atomic E-state index is 0.0707. The molecule has 6 nitrogen and oxygen atoms in total. The van der Waals surface area contributed by atoms with Crippen molar-refractivity contribution in [3.05, 3.63) is 59.9 Å². The normalized spacial score (nSPS) is 13.5. The van der Waals surface area contributed by atoms with E-state index in [1.807, 2.05) is 0 Å². The molecule has 3 rings (SSSR count). The predicted octanol–water partition coefficient (Wildman–Crippen LogP) is 3.16. The molecule has 0 N–H and O–H groups in total. The molecule has 0 spiro atoms. The fourth-order valence-electron chi connectivity index (χ4n) is 3.11. The molecule has 1 saturated heterocycles. The molecule has 0 saturated carbocycles. The number of hydrogen-bond acceptors (Lipinski definition) is 4. The van der Waals surface area contributed by atoms with E-state index >= 15 is 0 Å². The van der Waals surface area contributed by atoms with E-state index in [-0.39, 0.29) is 5.91 Å². The third-order valence-electron chi connectivity index (χ3n) is 4.57. The van der Waals surface area contributed by atoms with Crippen LogP contribution in [0.15, 0.2) is 48.5 Å². The number of amides is 2. The molecule has 2 amide bonds. The highest BCUT2D eigenvalue weighted by atomic mass is 19.1. The Hall–Kier alpha value is -3.22. The zero-order valence-electron chi connectivity index (χ0n) is 15.6. The fraction of sp³-hybridized carbons (Fsp3) is 0.286. The van der Waals surface area contributed by atoms with Crippen molar-refractivity contribution in [2.75, 3.05) is 29.5 Å². The second-order valence-electron chi connectivity index (χ2n) is 6.39. The monoisotopic (exact) mass is 384 g/mol. The number of carbonyl (C=O) groups is 3. The fourth-order valence-corrected chi connectivity index (χ4v) is 3.11. The van der Waals surface area contributed by atoms with Crippen molar-refractivity contribution in [3.8, 4) is 0 Å². The Morgan fingerprint density at radius 3 is 2.36 bits per heavy atom. The first-order valence-corrected chi connectivity index (χ1v) is 9.13. The average molecular weight is 384 g/mol. The number of benzene rings is 2. The summed E-state index contributed by atoms with van der Waals surface area (Å²) >= 11 is 0. The summed E-state index contributed by atoms with van der Waals surface area (Å²) in [5.41, 5.74) is 1.57. The van der Waals surface area contributed by atoms with Crippen LogP contribution < -0.4 is 9.80 Å².